The molecule has 0 amide bonds. The Morgan fingerprint density at radius 3 is 2.72 bits per heavy atom. The SMILES string of the molecule is CCOC(=O)c1c(O)c2ncc(Cc3ccccc3)c3c2n(c1=O)NCC3(C)C. The largest absolute Gasteiger partial charge is 0.505 e. The lowest BCUT2D eigenvalue weighted by Gasteiger charge is -2.35. The lowest BCUT2D eigenvalue weighted by atomic mass is 9.79. The number of hydrogen-bond acceptors (Lipinski definition) is 6. The van der Waals surface area contributed by atoms with E-state index in [0.29, 0.717) is 18.5 Å². The van der Waals surface area contributed by atoms with Gasteiger partial charge in [-0.25, -0.2) is 9.47 Å². The van der Waals surface area contributed by atoms with E-state index < -0.39 is 22.8 Å². The molecule has 0 spiro atoms. The minimum atomic E-state index is -0.857. The molecule has 2 aromatic heterocycles. The molecule has 4 rings (SSSR count). The topological polar surface area (TPSA) is 93.4 Å². The number of aromatic nitrogens is 2. The molecule has 0 unspecified atom stereocenters. The van der Waals surface area contributed by atoms with Crippen molar-refractivity contribution in [2.75, 3.05) is 18.6 Å². The normalized spacial score (nSPS) is 14.4. The van der Waals surface area contributed by atoms with Gasteiger partial charge in [0.1, 0.15) is 5.52 Å². The van der Waals surface area contributed by atoms with Crippen LogP contribution in [0.2, 0.25) is 0 Å². The van der Waals surface area contributed by atoms with E-state index in [4.69, 9.17) is 4.74 Å². The molecule has 3 heterocycles. The fourth-order valence-corrected chi connectivity index (χ4v) is 3.97. The van der Waals surface area contributed by atoms with Crippen molar-refractivity contribution < 1.29 is 14.6 Å². The van der Waals surface area contributed by atoms with Crippen LogP contribution in [0.15, 0.2) is 41.3 Å². The van der Waals surface area contributed by atoms with Crippen LogP contribution in [0.5, 0.6) is 5.75 Å². The zero-order valence-electron chi connectivity index (χ0n) is 16.7. The predicted octanol–water partition coefficient (Wildman–Crippen LogP) is 2.70. The summed E-state index contributed by atoms with van der Waals surface area (Å²) in [5.41, 5.74) is 5.49. The number of nitrogens with one attached hydrogen (secondary N) is 1. The molecule has 1 aliphatic heterocycles. The highest BCUT2D eigenvalue weighted by molar-refractivity contribution is 5.99. The number of aromatic hydroxyl groups is 1. The highest BCUT2D eigenvalue weighted by Crippen LogP contribution is 2.38. The molecule has 0 radical (unpaired) electrons. The van der Waals surface area contributed by atoms with Crippen LogP contribution < -0.4 is 11.0 Å². The van der Waals surface area contributed by atoms with E-state index in [2.05, 4.69) is 24.3 Å². The molecule has 0 saturated carbocycles. The van der Waals surface area contributed by atoms with Gasteiger partial charge in [-0.15, -0.1) is 0 Å². The minimum Gasteiger partial charge on any atom is -0.505 e. The summed E-state index contributed by atoms with van der Waals surface area (Å²) in [4.78, 5) is 29.7. The van der Waals surface area contributed by atoms with Gasteiger partial charge in [0.2, 0.25) is 0 Å². The number of pyridine rings is 2. The lowest BCUT2D eigenvalue weighted by molar-refractivity contribution is 0.0520. The van der Waals surface area contributed by atoms with Crippen LogP contribution in [0, 0.1) is 0 Å². The first-order chi connectivity index (χ1) is 13.8. The Kier molecular flexibility index (Phi) is 4.53. The maximum absolute atomic E-state index is 13.0. The van der Waals surface area contributed by atoms with Crippen molar-refractivity contribution in [2.24, 2.45) is 0 Å². The van der Waals surface area contributed by atoms with Crippen molar-refractivity contribution >= 4 is 17.0 Å². The number of nitrogens with zero attached hydrogens (tertiary/aromatic N) is 2. The summed E-state index contributed by atoms with van der Waals surface area (Å²) in [5.74, 6) is -1.30. The van der Waals surface area contributed by atoms with Crippen molar-refractivity contribution in [3.63, 3.8) is 0 Å². The number of carbonyl (C=O) groups is 1. The molecule has 0 saturated heterocycles. The fraction of sp³-hybridized carbons (Fsp3) is 0.318. The predicted molar refractivity (Wildman–Crippen MR) is 110 cm³/mol. The standard InChI is InChI=1S/C22H23N3O4/c1-4-29-21(28)15-19(26)17-18-16(22(2,3)12-24-25(18)20(15)27)14(11-23-17)10-13-8-6-5-7-9-13/h5-9,11,24,26H,4,10,12H2,1-3H3. The van der Waals surface area contributed by atoms with Crippen LogP contribution in [0.1, 0.15) is 47.8 Å². The number of rotatable bonds is 4. The third-order valence-electron chi connectivity index (χ3n) is 5.31. The van der Waals surface area contributed by atoms with E-state index in [9.17, 15) is 14.7 Å². The molecule has 29 heavy (non-hydrogen) atoms. The van der Waals surface area contributed by atoms with Gasteiger partial charge >= 0.3 is 5.97 Å². The highest BCUT2D eigenvalue weighted by atomic mass is 16.5. The lowest BCUT2D eigenvalue weighted by Crippen LogP contribution is -2.45. The van der Waals surface area contributed by atoms with Crippen molar-refractivity contribution in [1.82, 2.24) is 9.66 Å². The molecule has 1 aliphatic rings. The first-order valence-electron chi connectivity index (χ1n) is 9.60. The van der Waals surface area contributed by atoms with Crippen molar-refractivity contribution in [3.05, 3.63) is 69.1 Å². The Labute approximate surface area is 167 Å². The van der Waals surface area contributed by atoms with Crippen LogP contribution in [0.3, 0.4) is 0 Å². The zero-order chi connectivity index (χ0) is 20.8. The molecule has 150 valence electrons. The second-order valence-electron chi connectivity index (χ2n) is 7.82. The first-order valence-corrected chi connectivity index (χ1v) is 9.60. The maximum atomic E-state index is 13.0. The third-order valence-corrected chi connectivity index (χ3v) is 5.31. The fourth-order valence-electron chi connectivity index (χ4n) is 3.97. The number of esters is 1. The quantitative estimate of drug-likeness (QED) is 0.662. The smallest absolute Gasteiger partial charge is 0.347 e. The average molecular weight is 393 g/mol. The second-order valence-corrected chi connectivity index (χ2v) is 7.82. The Morgan fingerprint density at radius 1 is 1.31 bits per heavy atom. The summed E-state index contributed by atoms with van der Waals surface area (Å²) in [7, 11) is 0. The van der Waals surface area contributed by atoms with E-state index >= 15 is 0 Å². The van der Waals surface area contributed by atoms with Gasteiger partial charge < -0.3 is 15.3 Å². The van der Waals surface area contributed by atoms with Crippen LogP contribution in [0.25, 0.3) is 11.0 Å². The summed E-state index contributed by atoms with van der Waals surface area (Å²) in [6.07, 6.45) is 2.37. The van der Waals surface area contributed by atoms with Crippen LogP contribution in [-0.2, 0) is 16.6 Å². The molecular formula is C22H23N3O4. The number of ether oxygens (including phenoxy) is 1. The molecule has 7 heteroatoms. The van der Waals surface area contributed by atoms with Gasteiger partial charge in [0.25, 0.3) is 5.56 Å². The van der Waals surface area contributed by atoms with Crippen LogP contribution in [0.4, 0.5) is 0 Å². The summed E-state index contributed by atoms with van der Waals surface area (Å²) in [5, 5.41) is 10.7. The zero-order valence-corrected chi connectivity index (χ0v) is 16.7. The van der Waals surface area contributed by atoms with Crippen molar-refractivity contribution in [1.29, 1.82) is 0 Å². The molecule has 0 fully saturated rings. The molecular weight excluding hydrogens is 370 g/mol. The van der Waals surface area contributed by atoms with Gasteiger partial charge in [0, 0.05) is 18.2 Å². The maximum Gasteiger partial charge on any atom is 0.347 e. The Bertz CT molecular complexity index is 1170. The molecule has 0 atom stereocenters. The third kappa shape index (κ3) is 3.03. The van der Waals surface area contributed by atoms with Gasteiger partial charge in [-0.3, -0.25) is 9.78 Å². The Balaban J connectivity index is 2.02. The molecule has 0 bridgehead atoms. The summed E-state index contributed by atoms with van der Waals surface area (Å²) >= 11 is 0. The number of carbonyl (C=O) groups excluding carboxylic acids is 1. The van der Waals surface area contributed by atoms with Gasteiger partial charge in [0.15, 0.2) is 11.3 Å². The van der Waals surface area contributed by atoms with Gasteiger partial charge in [-0.2, -0.15) is 0 Å². The summed E-state index contributed by atoms with van der Waals surface area (Å²) in [6.45, 7) is 6.39. The number of hydrogen-bond donors (Lipinski definition) is 2. The Morgan fingerprint density at radius 2 is 2.03 bits per heavy atom. The van der Waals surface area contributed by atoms with E-state index in [0.717, 1.165) is 16.7 Å². The van der Waals surface area contributed by atoms with Crippen molar-refractivity contribution in [2.45, 2.75) is 32.6 Å². The second kappa shape index (κ2) is 6.92. The summed E-state index contributed by atoms with van der Waals surface area (Å²) in [6, 6.07) is 10.0. The van der Waals surface area contributed by atoms with Gasteiger partial charge in [-0.1, -0.05) is 44.2 Å². The molecule has 0 aliphatic carbocycles. The molecule has 1 aromatic carbocycles. The van der Waals surface area contributed by atoms with Gasteiger partial charge in [0.05, 0.1) is 12.1 Å². The average Bonchev–Trinajstić information content (AvgIpc) is 2.68. The van der Waals surface area contributed by atoms with E-state index in [1.165, 1.54) is 4.68 Å². The van der Waals surface area contributed by atoms with E-state index in [1.807, 2.05) is 30.3 Å². The van der Waals surface area contributed by atoms with Crippen molar-refractivity contribution in [3.8, 4) is 5.75 Å². The van der Waals surface area contributed by atoms with E-state index in [-0.39, 0.29) is 17.5 Å². The monoisotopic (exact) mass is 393 g/mol. The molecule has 3 aromatic rings. The van der Waals surface area contributed by atoms with E-state index in [1.54, 1.807) is 13.1 Å². The molecule has 2 N–H and O–H groups in total. The Hall–Kier alpha value is -3.35. The summed E-state index contributed by atoms with van der Waals surface area (Å²) < 4.78 is 6.28. The highest BCUT2D eigenvalue weighted by Gasteiger charge is 2.35. The number of benzene rings is 1. The van der Waals surface area contributed by atoms with Crippen LogP contribution in [-0.4, -0.2) is 33.9 Å². The van der Waals surface area contributed by atoms with Gasteiger partial charge in [-0.05, 0) is 30.0 Å². The van der Waals surface area contributed by atoms with Crippen LogP contribution >= 0.6 is 0 Å². The molecule has 7 nitrogen and oxygen atoms in total. The first kappa shape index (κ1) is 19.0. The minimum absolute atomic E-state index is 0.102.